The van der Waals surface area contributed by atoms with E-state index < -0.39 is 11.7 Å². The molecule has 4 heterocycles. The zero-order valence-electron chi connectivity index (χ0n) is 18.6. The molecule has 1 aliphatic heterocycles. The van der Waals surface area contributed by atoms with Crippen LogP contribution in [0.2, 0.25) is 0 Å². The van der Waals surface area contributed by atoms with Crippen molar-refractivity contribution in [3.05, 3.63) is 78.8 Å². The number of nitrogens with one attached hydrogen (secondary N) is 3. The SMILES string of the molecule is O=C(NNc1ncc(F)c(N2CCOCC2)n1)c1ccc(Nc2ccc(-n3cccn3)cc2)cn1. The first-order chi connectivity index (χ1) is 17.2. The highest BCUT2D eigenvalue weighted by molar-refractivity contribution is 5.93. The number of ether oxygens (including phenoxy) is 1. The molecule has 0 aliphatic carbocycles. The first kappa shape index (κ1) is 22.2. The summed E-state index contributed by atoms with van der Waals surface area (Å²) in [6.45, 7) is 2.04. The number of amides is 1. The van der Waals surface area contributed by atoms with Crippen molar-refractivity contribution in [3.8, 4) is 5.69 Å². The molecule has 1 saturated heterocycles. The number of aromatic nitrogens is 5. The summed E-state index contributed by atoms with van der Waals surface area (Å²) >= 11 is 0. The minimum Gasteiger partial charge on any atom is -0.378 e. The van der Waals surface area contributed by atoms with Gasteiger partial charge in [0.1, 0.15) is 5.69 Å². The first-order valence-corrected chi connectivity index (χ1v) is 10.9. The van der Waals surface area contributed by atoms with E-state index in [1.54, 1.807) is 34.1 Å². The van der Waals surface area contributed by atoms with E-state index >= 15 is 0 Å². The van der Waals surface area contributed by atoms with E-state index in [-0.39, 0.29) is 17.5 Å². The van der Waals surface area contributed by atoms with Gasteiger partial charge in [0.15, 0.2) is 11.6 Å². The van der Waals surface area contributed by atoms with Crippen LogP contribution in [0.1, 0.15) is 10.5 Å². The molecule has 1 fully saturated rings. The summed E-state index contributed by atoms with van der Waals surface area (Å²) in [6.07, 6.45) is 6.21. The highest BCUT2D eigenvalue weighted by atomic mass is 19.1. The van der Waals surface area contributed by atoms with Gasteiger partial charge in [0, 0.05) is 31.2 Å². The third-order valence-corrected chi connectivity index (χ3v) is 5.25. The van der Waals surface area contributed by atoms with E-state index in [1.165, 1.54) is 0 Å². The summed E-state index contributed by atoms with van der Waals surface area (Å²) in [5.74, 6) is -0.796. The number of halogens is 1. The second-order valence-electron chi connectivity index (χ2n) is 7.60. The van der Waals surface area contributed by atoms with Crippen molar-refractivity contribution in [2.75, 3.05) is 41.9 Å². The van der Waals surface area contributed by atoms with Crippen LogP contribution >= 0.6 is 0 Å². The molecule has 4 aromatic rings. The average Bonchev–Trinajstić information content (AvgIpc) is 3.45. The predicted molar refractivity (Wildman–Crippen MR) is 127 cm³/mol. The zero-order chi connectivity index (χ0) is 24.0. The van der Waals surface area contributed by atoms with E-state index in [1.807, 2.05) is 36.5 Å². The number of nitrogens with zero attached hydrogens (tertiary/aromatic N) is 6. The maximum atomic E-state index is 14.2. The van der Waals surface area contributed by atoms with E-state index in [4.69, 9.17) is 4.74 Å². The third-order valence-electron chi connectivity index (χ3n) is 5.25. The van der Waals surface area contributed by atoms with Crippen molar-refractivity contribution in [3.63, 3.8) is 0 Å². The Hall–Kier alpha value is -4.58. The van der Waals surface area contributed by atoms with Crippen molar-refractivity contribution in [1.29, 1.82) is 0 Å². The fourth-order valence-electron chi connectivity index (χ4n) is 3.48. The molecule has 0 saturated carbocycles. The molecule has 1 aromatic carbocycles. The normalized spacial score (nSPS) is 13.3. The zero-order valence-corrected chi connectivity index (χ0v) is 18.6. The summed E-state index contributed by atoms with van der Waals surface area (Å²) in [7, 11) is 0. The maximum absolute atomic E-state index is 14.2. The molecule has 3 N–H and O–H groups in total. The molecule has 3 aromatic heterocycles. The van der Waals surface area contributed by atoms with E-state index in [9.17, 15) is 9.18 Å². The molecule has 178 valence electrons. The molecule has 5 rings (SSSR count). The minimum absolute atomic E-state index is 0.0677. The van der Waals surface area contributed by atoms with Crippen LogP contribution in [0, 0.1) is 5.82 Å². The van der Waals surface area contributed by atoms with Crippen LogP contribution in [0.15, 0.2) is 67.3 Å². The van der Waals surface area contributed by atoms with Gasteiger partial charge >= 0.3 is 0 Å². The maximum Gasteiger partial charge on any atom is 0.288 e. The lowest BCUT2D eigenvalue weighted by molar-refractivity contribution is 0.0957. The quantitative estimate of drug-likeness (QED) is 0.346. The van der Waals surface area contributed by atoms with Crippen molar-refractivity contribution < 1.29 is 13.9 Å². The predicted octanol–water partition coefficient (Wildman–Crippen LogP) is 2.53. The van der Waals surface area contributed by atoms with Crippen LogP contribution in [0.5, 0.6) is 0 Å². The van der Waals surface area contributed by atoms with Gasteiger partial charge in [-0.05, 0) is 42.5 Å². The summed E-state index contributed by atoms with van der Waals surface area (Å²) in [5.41, 5.74) is 7.81. The van der Waals surface area contributed by atoms with Crippen LogP contribution in [-0.2, 0) is 4.74 Å². The van der Waals surface area contributed by atoms with Gasteiger partial charge in [-0.15, -0.1) is 0 Å². The summed E-state index contributed by atoms with van der Waals surface area (Å²) < 4.78 is 21.2. The second-order valence-corrected chi connectivity index (χ2v) is 7.60. The second kappa shape index (κ2) is 10.1. The topological polar surface area (TPSA) is 122 Å². The van der Waals surface area contributed by atoms with Gasteiger partial charge in [-0.1, -0.05) is 0 Å². The molecule has 0 spiro atoms. The molecule has 0 radical (unpaired) electrons. The summed E-state index contributed by atoms with van der Waals surface area (Å²) in [6, 6.07) is 12.9. The Labute approximate surface area is 200 Å². The van der Waals surface area contributed by atoms with Crippen molar-refractivity contribution >= 4 is 29.0 Å². The molecule has 35 heavy (non-hydrogen) atoms. The monoisotopic (exact) mass is 475 g/mol. The Morgan fingerprint density at radius 1 is 1.00 bits per heavy atom. The smallest absolute Gasteiger partial charge is 0.288 e. The van der Waals surface area contributed by atoms with Crippen LogP contribution in [0.3, 0.4) is 0 Å². The number of carbonyl (C=O) groups excluding carboxylic acids is 1. The Kier molecular flexibility index (Phi) is 6.44. The van der Waals surface area contributed by atoms with Gasteiger partial charge in [0.2, 0.25) is 5.95 Å². The fraction of sp³-hybridized carbons (Fsp3) is 0.174. The Morgan fingerprint density at radius 2 is 1.80 bits per heavy atom. The van der Waals surface area contributed by atoms with Gasteiger partial charge in [0.25, 0.3) is 5.91 Å². The Bertz CT molecular complexity index is 1280. The number of morpholine rings is 1. The van der Waals surface area contributed by atoms with Crippen LogP contribution in [-0.4, -0.2) is 56.9 Å². The molecule has 11 nitrogen and oxygen atoms in total. The van der Waals surface area contributed by atoms with Crippen molar-refractivity contribution in [2.24, 2.45) is 0 Å². The lowest BCUT2D eigenvalue weighted by atomic mass is 10.2. The van der Waals surface area contributed by atoms with Gasteiger partial charge in [0.05, 0.1) is 37.0 Å². The van der Waals surface area contributed by atoms with Gasteiger partial charge in [-0.3, -0.25) is 15.6 Å². The molecule has 0 bridgehead atoms. The average molecular weight is 475 g/mol. The molecular formula is C23H22FN9O2. The van der Waals surface area contributed by atoms with Crippen LogP contribution in [0.4, 0.5) is 27.5 Å². The van der Waals surface area contributed by atoms with Gasteiger partial charge < -0.3 is 15.0 Å². The lowest BCUT2D eigenvalue weighted by Gasteiger charge is -2.28. The van der Waals surface area contributed by atoms with E-state index in [0.717, 1.165) is 23.3 Å². The number of carbonyl (C=O) groups is 1. The van der Waals surface area contributed by atoms with Gasteiger partial charge in [-0.25, -0.2) is 19.0 Å². The fourth-order valence-corrected chi connectivity index (χ4v) is 3.48. The highest BCUT2D eigenvalue weighted by Gasteiger charge is 2.18. The number of hydrogen-bond donors (Lipinski definition) is 3. The van der Waals surface area contributed by atoms with E-state index in [0.29, 0.717) is 26.3 Å². The minimum atomic E-state index is -0.537. The molecule has 1 amide bonds. The van der Waals surface area contributed by atoms with Crippen molar-refractivity contribution in [1.82, 2.24) is 30.2 Å². The molecule has 0 unspecified atom stereocenters. The molecule has 1 aliphatic rings. The molecule has 12 heteroatoms. The third kappa shape index (κ3) is 5.33. The lowest BCUT2D eigenvalue weighted by Crippen LogP contribution is -2.38. The Morgan fingerprint density at radius 3 is 2.51 bits per heavy atom. The Balaban J connectivity index is 1.17. The number of hydrogen-bond acceptors (Lipinski definition) is 9. The highest BCUT2D eigenvalue weighted by Crippen LogP contribution is 2.19. The standard InChI is InChI=1S/C23H22FN9O2/c24-19-15-26-23(29-21(19)32-10-12-35-13-11-32)31-30-22(34)20-7-4-17(14-25-20)28-16-2-5-18(6-3-16)33-9-1-8-27-33/h1-9,14-15,28H,10-13H2,(H,30,34)(H,26,29,31). The first-order valence-electron chi connectivity index (χ1n) is 10.9. The largest absolute Gasteiger partial charge is 0.378 e. The molecule has 0 atom stereocenters. The van der Waals surface area contributed by atoms with Crippen LogP contribution in [0.25, 0.3) is 5.69 Å². The number of pyridine rings is 1. The van der Waals surface area contributed by atoms with Crippen LogP contribution < -0.4 is 21.1 Å². The summed E-state index contributed by atoms with van der Waals surface area (Å²) in [5, 5.41) is 7.44. The van der Waals surface area contributed by atoms with Crippen molar-refractivity contribution in [2.45, 2.75) is 0 Å². The number of benzene rings is 1. The number of anilines is 4. The number of hydrazine groups is 1. The number of rotatable bonds is 7. The van der Waals surface area contributed by atoms with Gasteiger partial charge in [-0.2, -0.15) is 10.1 Å². The summed E-state index contributed by atoms with van der Waals surface area (Å²) in [4.78, 5) is 26.5. The van der Waals surface area contributed by atoms with E-state index in [2.05, 4.69) is 36.2 Å². The molecular weight excluding hydrogens is 453 g/mol.